The van der Waals surface area contributed by atoms with Crippen molar-refractivity contribution in [2.75, 3.05) is 13.7 Å². The topological polar surface area (TPSA) is 64.9 Å². The SMILES string of the molecule is CCCNC(C)c1nnnn1-c1ccc(OC)cc1C. The first-order chi connectivity index (χ1) is 9.67. The third-order valence-corrected chi connectivity index (χ3v) is 3.21. The standard InChI is InChI=1S/C14H21N5O/c1-5-8-15-11(3)14-16-17-18-19(14)13-7-6-12(20-4)9-10(13)2/h6-7,9,11,15H,5,8H2,1-4H3. The summed E-state index contributed by atoms with van der Waals surface area (Å²) < 4.78 is 7.00. The van der Waals surface area contributed by atoms with Gasteiger partial charge in [-0.05, 0) is 61.0 Å². The van der Waals surface area contributed by atoms with Crippen molar-refractivity contribution in [1.82, 2.24) is 25.5 Å². The van der Waals surface area contributed by atoms with Crippen LogP contribution >= 0.6 is 0 Å². The molecule has 0 saturated carbocycles. The molecule has 0 amide bonds. The fourth-order valence-electron chi connectivity index (χ4n) is 2.08. The summed E-state index contributed by atoms with van der Waals surface area (Å²) in [6.45, 7) is 7.16. The molecule has 0 saturated heterocycles. The molecule has 1 atom stereocenters. The van der Waals surface area contributed by atoms with Crippen molar-refractivity contribution in [3.63, 3.8) is 0 Å². The number of aryl methyl sites for hydroxylation is 1. The van der Waals surface area contributed by atoms with Crippen molar-refractivity contribution < 1.29 is 4.74 Å². The van der Waals surface area contributed by atoms with Gasteiger partial charge in [0.25, 0.3) is 0 Å². The van der Waals surface area contributed by atoms with E-state index in [1.165, 1.54) is 0 Å². The third-order valence-electron chi connectivity index (χ3n) is 3.21. The van der Waals surface area contributed by atoms with Gasteiger partial charge in [0.05, 0.1) is 18.8 Å². The zero-order chi connectivity index (χ0) is 14.5. The van der Waals surface area contributed by atoms with E-state index in [2.05, 4.69) is 34.7 Å². The summed E-state index contributed by atoms with van der Waals surface area (Å²) in [6.07, 6.45) is 1.08. The summed E-state index contributed by atoms with van der Waals surface area (Å²) in [4.78, 5) is 0. The summed E-state index contributed by atoms with van der Waals surface area (Å²) in [5.41, 5.74) is 2.04. The molecule has 1 aromatic carbocycles. The number of benzene rings is 1. The third kappa shape index (κ3) is 2.96. The molecular weight excluding hydrogens is 254 g/mol. The Labute approximate surface area is 119 Å². The van der Waals surface area contributed by atoms with Crippen molar-refractivity contribution in [3.8, 4) is 11.4 Å². The average molecular weight is 275 g/mol. The molecule has 1 heterocycles. The number of nitrogens with one attached hydrogen (secondary N) is 1. The second-order valence-corrected chi connectivity index (χ2v) is 4.78. The predicted octanol–water partition coefficient (Wildman–Crippen LogP) is 2.04. The van der Waals surface area contributed by atoms with Crippen molar-refractivity contribution in [1.29, 1.82) is 0 Å². The Hall–Kier alpha value is -1.95. The molecule has 0 aliphatic carbocycles. The van der Waals surface area contributed by atoms with E-state index >= 15 is 0 Å². The van der Waals surface area contributed by atoms with Crippen LogP contribution in [0.15, 0.2) is 18.2 Å². The van der Waals surface area contributed by atoms with Crippen LogP contribution in [0, 0.1) is 6.92 Å². The molecule has 0 bridgehead atoms. The van der Waals surface area contributed by atoms with Crippen LogP contribution in [0.2, 0.25) is 0 Å². The normalized spacial score (nSPS) is 12.4. The molecule has 1 unspecified atom stereocenters. The molecule has 2 aromatic rings. The van der Waals surface area contributed by atoms with Gasteiger partial charge >= 0.3 is 0 Å². The fourth-order valence-corrected chi connectivity index (χ4v) is 2.08. The molecule has 0 fully saturated rings. The van der Waals surface area contributed by atoms with Crippen LogP contribution in [0.4, 0.5) is 0 Å². The van der Waals surface area contributed by atoms with E-state index in [4.69, 9.17) is 4.74 Å². The summed E-state index contributed by atoms with van der Waals surface area (Å²) in [5, 5.41) is 15.4. The first-order valence-corrected chi connectivity index (χ1v) is 6.84. The molecule has 0 aliphatic rings. The minimum atomic E-state index is 0.103. The Morgan fingerprint density at radius 3 is 2.85 bits per heavy atom. The van der Waals surface area contributed by atoms with Crippen LogP contribution in [-0.4, -0.2) is 33.9 Å². The molecule has 2 rings (SSSR count). The summed E-state index contributed by atoms with van der Waals surface area (Å²) in [7, 11) is 1.66. The van der Waals surface area contributed by atoms with E-state index in [0.29, 0.717) is 0 Å². The highest BCUT2D eigenvalue weighted by molar-refractivity contribution is 5.44. The van der Waals surface area contributed by atoms with Gasteiger partial charge in [-0.1, -0.05) is 6.92 Å². The number of methoxy groups -OCH3 is 1. The van der Waals surface area contributed by atoms with Gasteiger partial charge < -0.3 is 10.1 Å². The van der Waals surface area contributed by atoms with E-state index in [1.54, 1.807) is 11.8 Å². The van der Waals surface area contributed by atoms with Gasteiger partial charge in [-0.25, -0.2) is 0 Å². The number of hydrogen-bond donors (Lipinski definition) is 1. The zero-order valence-corrected chi connectivity index (χ0v) is 12.4. The van der Waals surface area contributed by atoms with Crippen LogP contribution < -0.4 is 10.1 Å². The molecule has 6 heteroatoms. The Kier molecular flexibility index (Phi) is 4.68. The molecule has 1 aromatic heterocycles. The lowest BCUT2D eigenvalue weighted by atomic mass is 10.2. The minimum absolute atomic E-state index is 0.103. The van der Waals surface area contributed by atoms with E-state index in [-0.39, 0.29) is 6.04 Å². The average Bonchev–Trinajstić information content (AvgIpc) is 2.93. The van der Waals surface area contributed by atoms with Crippen LogP contribution in [0.1, 0.15) is 37.7 Å². The molecule has 0 radical (unpaired) electrons. The van der Waals surface area contributed by atoms with Crippen LogP contribution in [0.3, 0.4) is 0 Å². The van der Waals surface area contributed by atoms with Crippen molar-refractivity contribution in [3.05, 3.63) is 29.6 Å². The van der Waals surface area contributed by atoms with Crippen LogP contribution in [-0.2, 0) is 0 Å². The lowest BCUT2D eigenvalue weighted by Gasteiger charge is -2.14. The molecule has 1 N–H and O–H groups in total. The fraction of sp³-hybridized carbons (Fsp3) is 0.500. The van der Waals surface area contributed by atoms with Crippen molar-refractivity contribution >= 4 is 0 Å². The maximum absolute atomic E-state index is 5.22. The number of rotatable bonds is 6. The van der Waals surface area contributed by atoms with E-state index < -0.39 is 0 Å². The summed E-state index contributed by atoms with van der Waals surface area (Å²) in [5.74, 6) is 1.64. The second-order valence-electron chi connectivity index (χ2n) is 4.78. The Bertz CT molecular complexity index is 566. The number of tetrazole rings is 1. The molecule has 6 nitrogen and oxygen atoms in total. The first kappa shape index (κ1) is 14.5. The Balaban J connectivity index is 2.32. The minimum Gasteiger partial charge on any atom is -0.497 e. The van der Waals surface area contributed by atoms with Crippen LogP contribution in [0.5, 0.6) is 5.75 Å². The summed E-state index contributed by atoms with van der Waals surface area (Å²) in [6, 6.07) is 5.97. The number of hydrogen-bond acceptors (Lipinski definition) is 5. The lowest BCUT2D eigenvalue weighted by molar-refractivity contribution is 0.414. The quantitative estimate of drug-likeness (QED) is 0.874. The number of nitrogens with zero attached hydrogens (tertiary/aromatic N) is 4. The highest BCUT2D eigenvalue weighted by Gasteiger charge is 2.16. The predicted molar refractivity (Wildman–Crippen MR) is 77.2 cm³/mol. The van der Waals surface area contributed by atoms with Crippen LogP contribution in [0.25, 0.3) is 5.69 Å². The second kappa shape index (κ2) is 6.47. The molecule has 0 aliphatic heterocycles. The monoisotopic (exact) mass is 275 g/mol. The van der Waals surface area contributed by atoms with E-state index in [1.807, 2.05) is 25.1 Å². The van der Waals surface area contributed by atoms with Crippen molar-refractivity contribution in [2.24, 2.45) is 0 Å². The number of ether oxygens (including phenoxy) is 1. The smallest absolute Gasteiger partial charge is 0.173 e. The Morgan fingerprint density at radius 2 is 2.20 bits per heavy atom. The maximum atomic E-state index is 5.22. The van der Waals surface area contributed by atoms with Gasteiger partial charge in [-0.3, -0.25) is 0 Å². The summed E-state index contributed by atoms with van der Waals surface area (Å²) >= 11 is 0. The lowest BCUT2D eigenvalue weighted by Crippen LogP contribution is -2.23. The van der Waals surface area contributed by atoms with Gasteiger partial charge in [0.15, 0.2) is 5.82 Å². The largest absolute Gasteiger partial charge is 0.497 e. The van der Waals surface area contributed by atoms with Crippen molar-refractivity contribution in [2.45, 2.75) is 33.2 Å². The molecule has 108 valence electrons. The first-order valence-electron chi connectivity index (χ1n) is 6.84. The van der Waals surface area contributed by atoms with Gasteiger partial charge in [-0.2, -0.15) is 4.68 Å². The Morgan fingerprint density at radius 1 is 1.40 bits per heavy atom. The molecule has 0 spiro atoms. The van der Waals surface area contributed by atoms with E-state index in [0.717, 1.165) is 35.8 Å². The van der Waals surface area contributed by atoms with Gasteiger partial charge in [0.2, 0.25) is 0 Å². The van der Waals surface area contributed by atoms with Gasteiger partial charge in [0, 0.05) is 0 Å². The molecular formula is C14H21N5O. The molecule has 20 heavy (non-hydrogen) atoms. The maximum Gasteiger partial charge on any atom is 0.173 e. The zero-order valence-electron chi connectivity index (χ0n) is 12.4. The van der Waals surface area contributed by atoms with Gasteiger partial charge in [-0.15, -0.1) is 5.10 Å². The van der Waals surface area contributed by atoms with Gasteiger partial charge in [0.1, 0.15) is 5.75 Å². The van der Waals surface area contributed by atoms with E-state index in [9.17, 15) is 0 Å². The highest BCUT2D eigenvalue weighted by Crippen LogP contribution is 2.21. The number of aromatic nitrogens is 4. The highest BCUT2D eigenvalue weighted by atomic mass is 16.5.